The third-order valence-corrected chi connectivity index (χ3v) is 19.2. The number of carbonyl (C=O) groups is 1. The lowest BCUT2D eigenvalue weighted by Gasteiger charge is -2.64. The van der Waals surface area contributed by atoms with Crippen LogP contribution in [0.5, 0.6) is 0 Å². The Kier molecular flexibility index (Phi) is 11.5. The quantitative estimate of drug-likeness (QED) is 0.0561. The summed E-state index contributed by atoms with van der Waals surface area (Å²) in [5.74, 6) is 3.29. The highest BCUT2D eigenvalue weighted by Gasteiger charge is 2.65. The Labute approximate surface area is 295 Å². The van der Waals surface area contributed by atoms with E-state index in [1.54, 1.807) is 6.92 Å². The summed E-state index contributed by atoms with van der Waals surface area (Å²) in [6.07, 6.45) is 9.30. The van der Waals surface area contributed by atoms with Gasteiger partial charge in [0, 0.05) is 12.8 Å². The topological polar surface area (TPSA) is 54.0 Å². The molecule has 7 heteroatoms. The number of rotatable bonds is 11. The average Bonchev–Trinajstić information content (AvgIpc) is 3.34. The highest BCUT2D eigenvalue weighted by atomic mass is 127. The van der Waals surface area contributed by atoms with Gasteiger partial charge in [0.05, 0.1) is 18.8 Å². The summed E-state index contributed by atoms with van der Waals surface area (Å²) in [4.78, 5) is 12.7. The first-order chi connectivity index (χ1) is 21.6. The average molecular weight is 767 g/mol. The molecule has 1 aromatic rings. The maximum atomic E-state index is 12.7. The van der Waals surface area contributed by atoms with Gasteiger partial charge in [-0.3, -0.25) is 4.79 Å². The third-order valence-electron chi connectivity index (χ3n) is 14.0. The van der Waals surface area contributed by atoms with Crippen LogP contribution in [0.15, 0.2) is 30.3 Å². The van der Waals surface area contributed by atoms with E-state index in [1.165, 1.54) is 42.1 Å². The van der Waals surface area contributed by atoms with Crippen LogP contribution in [0.2, 0.25) is 18.1 Å². The van der Waals surface area contributed by atoms with Gasteiger partial charge in [0.15, 0.2) is 8.32 Å². The van der Waals surface area contributed by atoms with Crippen molar-refractivity contribution in [1.82, 2.24) is 0 Å². The summed E-state index contributed by atoms with van der Waals surface area (Å²) in [5, 5.41) is 0.0925. The first kappa shape index (κ1) is 36.8. The van der Waals surface area contributed by atoms with Crippen LogP contribution in [0.25, 0.3) is 0 Å². The van der Waals surface area contributed by atoms with Crippen LogP contribution in [-0.2, 0) is 30.0 Å². The molecule has 0 bridgehead atoms. The van der Waals surface area contributed by atoms with E-state index < -0.39 is 8.32 Å². The van der Waals surface area contributed by atoms with Gasteiger partial charge in [-0.05, 0) is 120 Å². The van der Waals surface area contributed by atoms with Gasteiger partial charge in [0.25, 0.3) is 0 Å². The lowest BCUT2D eigenvalue weighted by molar-refractivity contribution is -0.236. The van der Waals surface area contributed by atoms with Crippen molar-refractivity contribution in [3.05, 3.63) is 35.9 Å². The predicted molar refractivity (Wildman–Crippen MR) is 197 cm³/mol. The molecule has 0 heterocycles. The summed E-state index contributed by atoms with van der Waals surface area (Å²) in [6, 6.07) is 10.4. The van der Waals surface area contributed by atoms with Crippen LogP contribution < -0.4 is 0 Å². The van der Waals surface area contributed by atoms with E-state index in [0.717, 1.165) is 31.1 Å². The Morgan fingerprint density at radius 3 is 2.30 bits per heavy atom. The molecule has 0 radical (unpaired) electrons. The molecule has 260 valence electrons. The summed E-state index contributed by atoms with van der Waals surface area (Å²) >= 11 is 2.57. The van der Waals surface area contributed by atoms with Crippen molar-refractivity contribution in [2.24, 2.45) is 46.3 Å². The normalized spacial score (nSPS) is 38.4. The third kappa shape index (κ3) is 7.20. The molecule has 46 heavy (non-hydrogen) atoms. The van der Waals surface area contributed by atoms with Crippen LogP contribution in [0.1, 0.15) is 105 Å². The zero-order valence-electron chi connectivity index (χ0n) is 30.3. The second-order valence-corrected chi connectivity index (χ2v) is 23.3. The Balaban J connectivity index is 1.45. The molecular formula is C39H63IO5Si. The molecule has 11 atom stereocenters. The van der Waals surface area contributed by atoms with E-state index >= 15 is 0 Å². The zero-order valence-corrected chi connectivity index (χ0v) is 33.4. The number of hydrogen-bond acceptors (Lipinski definition) is 5. The smallest absolute Gasteiger partial charge is 0.303 e. The minimum atomic E-state index is -2.07. The van der Waals surface area contributed by atoms with Crippen molar-refractivity contribution in [2.45, 2.75) is 143 Å². The molecule has 0 aromatic heterocycles. The molecule has 5 nitrogen and oxygen atoms in total. The lowest BCUT2D eigenvalue weighted by Crippen LogP contribution is -2.64. The van der Waals surface area contributed by atoms with Crippen molar-refractivity contribution in [1.29, 1.82) is 0 Å². The second-order valence-electron chi connectivity index (χ2n) is 17.5. The molecule has 0 aliphatic heterocycles. The Morgan fingerprint density at radius 2 is 1.65 bits per heavy atom. The number of ether oxygens (including phenoxy) is 3. The van der Waals surface area contributed by atoms with Crippen molar-refractivity contribution >= 4 is 36.9 Å². The highest BCUT2D eigenvalue weighted by molar-refractivity contribution is 14.1. The van der Waals surface area contributed by atoms with E-state index in [9.17, 15) is 4.79 Å². The fourth-order valence-electron chi connectivity index (χ4n) is 10.6. The van der Waals surface area contributed by atoms with Crippen LogP contribution >= 0.6 is 22.6 Å². The molecule has 4 fully saturated rings. The summed E-state index contributed by atoms with van der Waals surface area (Å²) in [5.41, 5.74) is 1.62. The largest absolute Gasteiger partial charge is 0.460 e. The molecule has 0 unspecified atom stereocenters. The molecule has 1 aromatic carbocycles. The molecule has 0 saturated heterocycles. The summed E-state index contributed by atoms with van der Waals surface area (Å²) in [6.45, 7) is 21.7. The van der Waals surface area contributed by atoms with Crippen molar-refractivity contribution < 1.29 is 23.4 Å². The van der Waals surface area contributed by atoms with Gasteiger partial charge in [0.1, 0.15) is 12.9 Å². The Morgan fingerprint density at radius 1 is 0.978 bits per heavy atom. The minimum Gasteiger partial charge on any atom is -0.460 e. The first-order valence-electron chi connectivity index (χ1n) is 18.3. The standard InChI is InChI=1S/C39H63IO5Si/c1-26(19-22-40)29-15-16-30-35-31(17-20-38(29,30)6)39(7)21-18-33(45-46(8,9)37(3,4)5)36(44-27(2)41)32(39)23-34(35)43-25-42-24-28-13-11-10-12-14-28/h10-14,26,29-36H,15-25H2,1-9H3/t26-,29-,30+,31+,32+,33-,34-,35+,36-,38-,39-/m1/s1. The van der Waals surface area contributed by atoms with Gasteiger partial charge in [0.2, 0.25) is 0 Å². The van der Waals surface area contributed by atoms with Crippen LogP contribution in [0.4, 0.5) is 0 Å². The number of halogens is 1. The zero-order chi connectivity index (χ0) is 33.5. The van der Waals surface area contributed by atoms with Crippen molar-refractivity contribution in [3.63, 3.8) is 0 Å². The fourth-order valence-corrected chi connectivity index (χ4v) is 13.0. The fraction of sp³-hybridized carbons (Fsp3) is 0.821. The monoisotopic (exact) mass is 766 g/mol. The number of carbonyl (C=O) groups excluding carboxylic acids is 1. The maximum Gasteiger partial charge on any atom is 0.303 e. The van der Waals surface area contributed by atoms with E-state index in [-0.39, 0.29) is 40.7 Å². The van der Waals surface area contributed by atoms with Gasteiger partial charge >= 0.3 is 5.97 Å². The van der Waals surface area contributed by atoms with Gasteiger partial charge in [-0.25, -0.2) is 0 Å². The van der Waals surface area contributed by atoms with Crippen molar-refractivity contribution in [3.8, 4) is 0 Å². The molecule has 4 aliphatic rings. The second kappa shape index (κ2) is 14.4. The number of hydrogen-bond donors (Lipinski definition) is 0. The predicted octanol–water partition coefficient (Wildman–Crippen LogP) is 10.2. The van der Waals surface area contributed by atoms with Gasteiger partial charge < -0.3 is 18.6 Å². The van der Waals surface area contributed by atoms with Gasteiger partial charge in [-0.15, -0.1) is 0 Å². The summed E-state index contributed by atoms with van der Waals surface area (Å²) in [7, 11) is -2.07. The minimum absolute atomic E-state index is 0.0618. The maximum absolute atomic E-state index is 12.7. The van der Waals surface area contributed by atoms with Gasteiger partial charge in [-0.2, -0.15) is 0 Å². The molecule has 0 N–H and O–H groups in total. The summed E-state index contributed by atoms with van der Waals surface area (Å²) < 4.78 is 27.8. The van der Waals surface area contributed by atoms with Crippen LogP contribution in [-0.4, -0.2) is 43.8 Å². The van der Waals surface area contributed by atoms with Gasteiger partial charge in [-0.1, -0.05) is 94.5 Å². The highest BCUT2D eigenvalue weighted by Crippen LogP contribution is 2.69. The molecular weight excluding hydrogens is 703 g/mol. The SMILES string of the molecule is CC(=O)O[C@H]1[C@H](O[Si](C)(C)C(C)(C)C)CC[C@@]2(C)[C@H]1C[C@@H](OCOCc1ccccc1)[C@@H]1[C@@H]2CC[C@]2(C)[C@@H]([C@H](C)CCI)CC[C@@H]12. The molecule has 4 saturated carbocycles. The van der Waals surface area contributed by atoms with Crippen molar-refractivity contribution in [2.75, 3.05) is 11.2 Å². The van der Waals surface area contributed by atoms with Crippen LogP contribution in [0, 0.1) is 46.3 Å². The number of esters is 1. The number of benzene rings is 1. The van der Waals surface area contributed by atoms with E-state index in [0.29, 0.717) is 36.6 Å². The Bertz CT molecular complexity index is 1170. The number of fused-ring (bicyclic) bond motifs is 5. The lowest BCUT2D eigenvalue weighted by atomic mass is 9.43. The van der Waals surface area contributed by atoms with Crippen LogP contribution in [0.3, 0.4) is 0 Å². The van der Waals surface area contributed by atoms with E-state index in [1.807, 2.05) is 6.07 Å². The first-order valence-corrected chi connectivity index (χ1v) is 22.7. The Hall–Kier alpha value is -0.483. The molecule has 0 spiro atoms. The molecule has 4 aliphatic carbocycles. The molecule has 0 amide bonds. The number of alkyl halides is 1. The van der Waals surface area contributed by atoms with E-state index in [2.05, 4.69) is 101 Å². The molecule has 5 rings (SSSR count). The van der Waals surface area contributed by atoms with E-state index in [4.69, 9.17) is 18.6 Å².